The van der Waals surface area contributed by atoms with Crippen molar-refractivity contribution < 1.29 is 4.79 Å². The van der Waals surface area contributed by atoms with Crippen LogP contribution in [-0.4, -0.2) is 38.9 Å². The molecule has 3 rings (SSSR count). The van der Waals surface area contributed by atoms with Crippen LogP contribution >= 0.6 is 0 Å². The summed E-state index contributed by atoms with van der Waals surface area (Å²) in [6.07, 6.45) is 2.08. The number of carbonyl (C=O) groups is 1. The molecule has 6 heteroatoms. The minimum absolute atomic E-state index is 0.0164. The Kier molecular flexibility index (Phi) is 4.41. The molecule has 122 valence electrons. The Balaban J connectivity index is 1.74. The summed E-state index contributed by atoms with van der Waals surface area (Å²) in [7, 11) is 0. The average molecular weight is 314 g/mol. The van der Waals surface area contributed by atoms with E-state index in [4.69, 9.17) is 0 Å². The largest absolute Gasteiger partial charge is 0.343 e. The minimum Gasteiger partial charge on any atom is -0.343 e. The van der Waals surface area contributed by atoms with Crippen molar-refractivity contribution in [3.63, 3.8) is 0 Å². The lowest BCUT2D eigenvalue weighted by atomic mass is 10.0. The van der Waals surface area contributed by atoms with E-state index in [0.29, 0.717) is 36.3 Å². The van der Waals surface area contributed by atoms with Gasteiger partial charge in [-0.15, -0.1) is 5.10 Å². The van der Waals surface area contributed by atoms with Gasteiger partial charge in [-0.2, -0.15) is 0 Å². The molecular weight excluding hydrogens is 292 g/mol. The van der Waals surface area contributed by atoms with Gasteiger partial charge in [-0.1, -0.05) is 31.2 Å². The topological polar surface area (TPSA) is 68.1 Å². The summed E-state index contributed by atoms with van der Waals surface area (Å²) in [6, 6.07) is 7.27. The molecule has 1 aliphatic rings. The lowest BCUT2D eigenvalue weighted by molar-refractivity contribution is -0.133. The van der Waals surface area contributed by atoms with E-state index in [1.165, 1.54) is 4.68 Å². The number of piperidine rings is 1. The van der Waals surface area contributed by atoms with E-state index in [1.54, 1.807) is 12.1 Å². The fourth-order valence-electron chi connectivity index (χ4n) is 3.08. The third-order valence-corrected chi connectivity index (χ3v) is 4.34. The van der Waals surface area contributed by atoms with Crippen LogP contribution in [0.4, 0.5) is 0 Å². The zero-order chi connectivity index (χ0) is 16.4. The summed E-state index contributed by atoms with van der Waals surface area (Å²) < 4.78 is 1.49. The Morgan fingerprint density at radius 3 is 2.65 bits per heavy atom. The summed E-state index contributed by atoms with van der Waals surface area (Å²) in [5.74, 6) is 0.574. The minimum atomic E-state index is -0.0949. The molecule has 1 amide bonds. The maximum absolute atomic E-state index is 12.6. The maximum Gasteiger partial charge on any atom is 0.277 e. The fourth-order valence-corrected chi connectivity index (χ4v) is 3.08. The summed E-state index contributed by atoms with van der Waals surface area (Å²) in [6.45, 7) is 5.46. The highest BCUT2D eigenvalue weighted by Crippen LogP contribution is 2.21. The predicted octanol–water partition coefficient (Wildman–Crippen LogP) is 2.00. The monoisotopic (exact) mass is 314 g/mol. The second-order valence-electron chi connectivity index (χ2n) is 6.57. The molecule has 1 aromatic heterocycles. The first kappa shape index (κ1) is 15.6. The quantitative estimate of drug-likeness (QED) is 0.869. The van der Waals surface area contributed by atoms with Crippen LogP contribution < -0.4 is 5.56 Å². The molecule has 23 heavy (non-hydrogen) atoms. The van der Waals surface area contributed by atoms with Crippen molar-refractivity contribution in [2.75, 3.05) is 13.1 Å². The average Bonchev–Trinajstić information content (AvgIpc) is 2.55. The Bertz CT molecular complexity index is 761. The van der Waals surface area contributed by atoms with Crippen molar-refractivity contribution in [1.29, 1.82) is 0 Å². The van der Waals surface area contributed by atoms with E-state index in [2.05, 4.69) is 24.2 Å². The van der Waals surface area contributed by atoms with Crippen molar-refractivity contribution in [2.24, 2.45) is 5.92 Å². The van der Waals surface area contributed by atoms with E-state index < -0.39 is 0 Å². The first-order chi connectivity index (χ1) is 11.1. The van der Waals surface area contributed by atoms with E-state index >= 15 is 0 Å². The van der Waals surface area contributed by atoms with Crippen LogP contribution in [-0.2, 0) is 4.79 Å². The highest BCUT2D eigenvalue weighted by atomic mass is 16.2. The molecule has 1 aliphatic heterocycles. The highest BCUT2D eigenvalue weighted by molar-refractivity contribution is 5.77. The van der Waals surface area contributed by atoms with Crippen molar-refractivity contribution in [2.45, 2.75) is 39.2 Å². The van der Waals surface area contributed by atoms with Crippen LogP contribution in [0.25, 0.3) is 10.9 Å². The Labute approximate surface area is 135 Å². The van der Waals surface area contributed by atoms with Gasteiger partial charge in [-0.25, -0.2) is 4.68 Å². The molecular formula is C17H22N4O2. The van der Waals surface area contributed by atoms with Crippen molar-refractivity contribution in [3.8, 4) is 0 Å². The van der Waals surface area contributed by atoms with Crippen molar-refractivity contribution in [3.05, 3.63) is 34.6 Å². The van der Waals surface area contributed by atoms with Crippen LogP contribution in [0, 0.1) is 5.92 Å². The number of nitrogens with zero attached hydrogens (tertiary/aromatic N) is 4. The number of hydrogen-bond donors (Lipinski definition) is 0. The Morgan fingerprint density at radius 1 is 1.26 bits per heavy atom. The molecule has 2 heterocycles. The molecule has 2 aromatic rings. The van der Waals surface area contributed by atoms with E-state index in [-0.39, 0.29) is 17.5 Å². The molecule has 0 atom stereocenters. The lowest BCUT2D eigenvalue weighted by Gasteiger charge is -2.32. The summed E-state index contributed by atoms with van der Waals surface area (Å²) in [5, 5.41) is 8.84. The molecule has 0 saturated carbocycles. The molecule has 0 N–H and O–H groups in total. The Hall–Kier alpha value is -2.24. The third kappa shape index (κ3) is 3.25. The van der Waals surface area contributed by atoms with E-state index in [1.807, 2.05) is 17.0 Å². The number of amides is 1. The molecule has 0 radical (unpaired) electrons. The number of hydrogen-bond acceptors (Lipinski definition) is 4. The summed E-state index contributed by atoms with van der Waals surface area (Å²) in [4.78, 5) is 26.6. The summed E-state index contributed by atoms with van der Waals surface area (Å²) in [5.41, 5.74) is 0.529. The van der Waals surface area contributed by atoms with Gasteiger partial charge < -0.3 is 4.90 Å². The van der Waals surface area contributed by atoms with E-state index in [9.17, 15) is 9.59 Å². The molecule has 0 aliphatic carbocycles. The molecule has 0 spiro atoms. The molecule has 1 fully saturated rings. The molecule has 1 saturated heterocycles. The van der Waals surface area contributed by atoms with Crippen LogP contribution in [0.15, 0.2) is 29.1 Å². The number of carbonyl (C=O) groups excluding carboxylic acids is 1. The number of aromatic nitrogens is 3. The SMILES string of the molecule is CC(C)CC(=O)N1CCC(n2nnc3ccccc3c2=O)CC1. The summed E-state index contributed by atoms with van der Waals surface area (Å²) >= 11 is 0. The maximum atomic E-state index is 12.6. The first-order valence-electron chi connectivity index (χ1n) is 8.18. The number of likely N-dealkylation sites (tertiary alicyclic amines) is 1. The highest BCUT2D eigenvalue weighted by Gasteiger charge is 2.25. The van der Waals surface area contributed by atoms with Crippen molar-refractivity contribution in [1.82, 2.24) is 19.9 Å². The van der Waals surface area contributed by atoms with Crippen LogP contribution in [0.2, 0.25) is 0 Å². The molecule has 1 aromatic carbocycles. The normalized spacial score (nSPS) is 16.2. The zero-order valence-corrected chi connectivity index (χ0v) is 13.6. The van der Waals surface area contributed by atoms with Gasteiger partial charge in [0.2, 0.25) is 5.91 Å². The molecule has 6 nitrogen and oxygen atoms in total. The van der Waals surface area contributed by atoms with Gasteiger partial charge in [0.1, 0.15) is 5.52 Å². The smallest absolute Gasteiger partial charge is 0.277 e. The van der Waals surface area contributed by atoms with Crippen LogP contribution in [0.3, 0.4) is 0 Å². The third-order valence-electron chi connectivity index (χ3n) is 4.34. The number of rotatable bonds is 3. The standard InChI is InChI=1S/C17H22N4O2/c1-12(2)11-16(22)20-9-7-13(8-10-20)21-17(23)14-5-3-4-6-15(14)18-19-21/h3-6,12-13H,7-11H2,1-2H3. The van der Waals surface area contributed by atoms with Gasteiger partial charge in [0.15, 0.2) is 0 Å². The Morgan fingerprint density at radius 2 is 1.96 bits per heavy atom. The van der Waals surface area contributed by atoms with Crippen LogP contribution in [0.1, 0.15) is 39.2 Å². The second-order valence-corrected chi connectivity index (χ2v) is 6.57. The van der Waals surface area contributed by atoms with Gasteiger partial charge in [0.05, 0.1) is 11.4 Å². The predicted molar refractivity (Wildman–Crippen MR) is 88.1 cm³/mol. The van der Waals surface area contributed by atoms with Gasteiger partial charge in [0.25, 0.3) is 5.56 Å². The molecule has 0 unspecified atom stereocenters. The first-order valence-corrected chi connectivity index (χ1v) is 8.18. The van der Waals surface area contributed by atoms with Gasteiger partial charge in [-0.05, 0) is 30.9 Å². The number of fused-ring (bicyclic) bond motifs is 1. The number of benzene rings is 1. The fraction of sp³-hybridized carbons (Fsp3) is 0.529. The second kappa shape index (κ2) is 6.48. The van der Waals surface area contributed by atoms with E-state index in [0.717, 1.165) is 12.8 Å². The van der Waals surface area contributed by atoms with Gasteiger partial charge in [0, 0.05) is 19.5 Å². The van der Waals surface area contributed by atoms with Crippen molar-refractivity contribution >= 4 is 16.8 Å². The lowest BCUT2D eigenvalue weighted by Crippen LogP contribution is -2.41. The van der Waals surface area contributed by atoms with Crippen LogP contribution in [0.5, 0.6) is 0 Å². The van der Waals surface area contributed by atoms with Gasteiger partial charge in [-0.3, -0.25) is 9.59 Å². The molecule has 0 bridgehead atoms. The van der Waals surface area contributed by atoms with Gasteiger partial charge >= 0.3 is 0 Å². The zero-order valence-electron chi connectivity index (χ0n) is 13.6.